The van der Waals surface area contributed by atoms with E-state index in [-0.39, 0.29) is 27.5 Å². The van der Waals surface area contributed by atoms with Crippen molar-refractivity contribution in [3.63, 3.8) is 0 Å². The van der Waals surface area contributed by atoms with Crippen molar-refractivity contribution in [2.24, 2.45) is 5.92 Å². The molecule has 0 unspecified atom stereocenters. The van der Waals surface area contributed by atoms with Crippen LogP contribution in [0.15, 0.2) is 11.8 Å². The molecule has 0 amide bonds. The first-order chi connectivity index (χ1) is 11.7. The minimum Gasteiger partial charge on any atom is -0.463 e. The van der Waals surface area contributed by atoms with E-state index in [1.807, 2.05) is 44.3 Å². The Morgan fingerprint density at radius 3 is 2.52 bits per heavy atom. The summed E-state index contributed by atoms with van der Waals surface area (Å²) < 4.78 is 23.4. The van der Waals surface area contributed by atoms with Crippen LogP contribution in [0.5, 0.6) is 0 Å². The number of carbonyl (C=O) groups is 1. The fourth-order valence-corrected chi connectivity index (χ4v) is 7.32. The summed E-state index contributed by atoms with van der Waals surface area (Å²) >= 11 is 3.98. The maximum absolute atomic E-state index is 12.2. The van der Waals surface area contributed by atoms with Gasteiger partial charge in [-0.25, -0.2) is 4.79 Å². The van der Waals surface area contributed by atoms with Crippen LogP contribution in [-0.4, -0.2) is 53.3 Å². The molecule has 2 aliphatic heterocycles. The molecule has 1 saturated carbocycles. The van der Waals surface area contributed by atoms with Crippen LogP contribution in [0.2, 0.25) is 0 Å². The van der Waals surface area contributed by atoms with E-state index in [1.54, 1.807) is 13.2 Å². The van der Waals surface area contributed by atoms with Gasteiger partial charge in [-0.05, 0) is 39.7 Å². The van der Waals surface area contributed by atoms with Crippen LogP contribution in [0.4, 0.5) is 0 Å². The van der Waals surface area contributed by atoms with Crippen molar-refractivity contribution in [2.75, 3.05) is 25.7 Å². The molecule has 1 spiro atoms. The zero-order valence-corrected chi connectivity index (χ0v) is 17.3. The molecule has 0 aromatic rings. The zero-order chi connectivity index (χ0) is 18.3. The SMILES string of the molecule is COC(=O)C1=C[C@H](OC(C)(C)C)[C@@H]2CCC3(C[C@]2(OC)O1)SCCS3. The number of ether oxygens (including phenoxy) is 4. The summed E-state index contributed by atoms with van der Waals surface area (Å²) in [5.41, 5.74) is -0.328. The molecule has 0 radical (unpaired) electrons. The maximum Gasteiger partial charge on any atom is 0.373 e. The normalized spacial score (nSPS) is 34.2. The molecule has 0 N–H and O–H groups in total. The lowest BCUT2D eigenvalue weighted by Gasteiger charge is -2.53. The van der Waals surface area contributed by atoms with E-state index in [0.29, 0.717) is 0 Å². The molecule has 1 saturated heterocycles. The minimum atomic E-state index is -0.850. The van der Waals surface area contributed by atoms with Gasteiger partial charge in [-0.2, -0.15) is 0 Å². The Balaban J connectivity index is 1.96. The van der Waals surface area contributed by atoms with Gasteiger partial charge in [0, 0.05) is 25.0 Å². The summed E-state index contributed by atoms with van der Waals surface area (Å²) in [6.07, 6.45) is 4.32. The summed E-state index contributed by atoms with van der Waals surface area (Å²) in [6.45, 7) is 6.07. The third-order valence-corrected chi connectivity index (χ3v) is 8.48. The molecule has 2 fully saturated rings. The summed E-state index contributed by atoms with van der Waals surface area (Å²) in [7, 11) is 3.04. The topological polar surface area (TPSA) is 54.0 Å². The fourth-order valence-electron chi connectivity index (χ4n) is 3.95. The van der Waals surface area contributed by atoms with E-state index in [9.17, 15) is 4.79 Å². The molecule has 5 nitrogen and oxygen atoms in total. The molecule has 7 heteroatoms. The van der Waals surface area contributed by atoms with Gasteiger partial charge in [-0.1, -0.05) is 0 Å². The molecule has 0 aromatic heterocycles. The largest absolute Gasteiger partial charge is 0.463 e. The van der Waals surface area contributed by atoms with Crippen LogP contribution in [0.25, 0.3) is 0 Å². The lowest BCUT2D eigenvalue weighted by molar-refractivity contribution is -0.281. The fraction of sp³-hybridized carbons (Fsp3) is 0.833. The number of thioether (sulfide) groups is 2. The Morgan fingerprint density at radius 1 is 1.28 bits per heavy atom. The van der Waals surface area contributed by atoms with Crippen molar-refractivity contribution in [1.29, 1.82) is 0 Å². The molecule has 3 atom stereocenters. The molecular formula is C18H28O5S2. The third kappa shape index (κ3) is 3.84. The van der Waals surface area contributed by atoms with Crippen molar-refractivity contribution < 1.29 is 23.7 Å². The van der Waals surface area contributed by atoms with Gasteiger partial charge in [0.15, 0.2) is 0 Å². The van der Waals surface area contributed by atoms with Crippen molar-refractivity contribution in [1.82, 2.24) is 0 Å². The maximum atomic E-state index is 12.2. The molecule has 142 valence electrons. The van der Waals surface area contributed by atoms with Crippen molar-refractivity contribution in [2.45, 2.75) is 61.6 Å². The van der Waals surface area contributed by atoms with Gasteiger partial charge in [-0.15, -0.1) is 23.5 Å². The quantitative estimate of drug-likeness (QED) is 0.685. The Morgan fingerprint density at radius 2 is 1.96 bits per heavy atom. The van der Waals surface area contributed by atoms with Crippen LogP contribution in [0.3, 0.4) is 0 Å². The first-order valence-corrected chi connectivity index (χ1v) is 10.7. The lowest BCUT2D eigenvalue weighted by atomic mass is 9.77. The number of esters is 1. The third-order valence-electron chi connectivity index (χ3n) is 4.95. The highest BCUT2D eigenvalue weighted by molar-refractivity contribution is 8.21. The second-order valence-corrected chi connectivity index (χ2v) is 11.0. The Hall–Kier alpha value is -0.370. The van der Waals surface area contributed by atoms with Crippen LogP contribution in [0, 0.1) is 5.92 Å². The van der Waals surface area contributed by atoms with Crippen molar-refractivity contribution in [3.05, 3.63) is 11.8 Å². The first kappa shape index (κ1) is 19.4. The molecule has 0 bridgehead atoms. The summed E-state index contributed by atoms with van der Waals surface area (Å²) in [5, 5.41) is 0. The molecule has 25 heavy (non-hydrogen) atoms. The average molecular weight is 389 g/mol. The van der Waals surface area contributed by atoms with Crippen molar-refractivity contribution >= 4 is 29.5 Å². The van der Waals surface area contributed by atoms with E-state index in [0.717, 1.165) is 30.8 Å². The van der Waals surface area contributed by atoms with Gasteiger partial charge in [0.25, 0.3) is 0 Å². The molecule has 0 aromatic carbocycles. The van der Waals surface area contributed by atoms with Gasteiger partial charge in [0.1, 0.15) is 0 Å². The van der Waals surface area contributed by atoms with Gasteiger partial charge < -0.3 is 18.9 Å². The molecule has 3 rings (SSSR count). The smallest absolute Gasteiger partial charge is 0.373 e. The molecule has 1 aliphatic carbocycles. The molecular weight excluding hydrogens is 360 g/mol. The van der Waals surface area contributed by atoms with Gasteiger partial charge in [0.2, 0.25) is 11.5 Å². The van der Waals surface area contributed by atoms with E-state index in [1.165, 1.54) is 7.11 Å². The highest BCUT2D eigenvalue weighted by atomic mass is 32.2. The van der Waals surface area contributed by atoms with E-state index >= 15 is 0 Å². The second kappa shape index (κ2) is 6.98. The highest BCUT2D eigenvalue weighted by Gasteiger charge is 2.59. The lowest BCUT2D eigenvalue weighted by Crippen LogP contribution is -2.58. The van der Waals surface area contributed by atoms with Crippen LogP contribution in [-0.2, 0) is 23.7 Å². The number of methoxy groups -OCH3 is 2. The number of rotatable bonds is 3. The highest BCUT2D eigenvalue weighted by Crippen LogP contribution is 2.59. The van der Waals surface area contributed by atoms with Crippen molar-refractivity contribution in [3.8, 4) is 0 Å². The van der Waals surface area contributed by atoms with Crippen LogP contribution in [0.1, 0.15) is 40.0 Å². The number of hydrogen-bond donors (Lipinski definition) is 0. The van der Waals surface area contributed by atoms with Gasteiger partial charge >= 0.3 is 5.97 Å². The minimum absolute atomic E-state index is 0.0533. The summed E-state index contributed by atoms with van der Waals surface area (Å²) in [4.78, 5) is 12.2. The van der Waals surface area contributed by atoms with Crippen LogP contribution < -0.4 is 0 Å². The number of hydrogen-bond acceptors (Lipinski definition) is 7. The number of fused-ring (bicyclic) bond motifs is 1. The van der Waals surface area contributed by atoms with E-state index in [2.05, 4.69) is 0 Å². The van der Waals surface area contributed by atoms with E-state index in [4.69, 9.17) is 18.9 Å². The molecule has 2 heterocycles. The predicted molar refractivity (Wildman–Crippen MR) is 101 cm³/mol. The predicted octanol–water partition coefficient (Wildman–Crippen LogP) is 3.58. The average Bonchev–Trinajstić information content (AvgIpc) is 2.99. The Labute approximate surface area is 158 Å². The summed E-state index contributed by atoms with van der Waals surface area (Å²) in [5.74, 6) is 1.21. The first-order valence-electron chi connectivity index (χ1n) is 8.73. The van der Waals surface area contributed by atoms with Crippen LogP contribution >= 0.6 is 23.5 Å². The Bertz CT molecular complexity index is 550. The summed E-state index contributed by atoms with van der Waals surface area (Å²) in [6, 6.07) is 0. The zero-order valence-electron chi connectivity index (χ0n) is 15.6. The van der Waals surface area contributed by atoms with Gasteiger partial charge in [-0.3, -0.25) is 0 Å². The second-order valence-electron chi connectivity index (χ2n) is 7.76. The Kier molecular flexibility index (Phi) is 5.42. The number of carbonyl (C=O) groups excluding carboxylic acids is 1. The molecule has 3 aliphatic rings. The monoisotopic (exact) mass is 388 g/mol. The standard InChI is InChI=1S/C18H28O5S2/c1-16(2,3)22-13-10-14(15(19)20-4)23-18(21-5)11-17(7-6-12(13)18)24-8-9-25-17/h10,12-13H,6-9,11H2,1-5H3/t12-,13-,18-/m0/s1. The van der Waals surface area contributed by atoms with E-state index < -0.39 is 11.8 Å². The van der Waals surface area contributed by atoms with Gasteiger partial charge in [0.05, 0.1) is 28.8 Å².